The molecule has 0 radical (unpaired) electrons. The van der Waals surface area contributed by atoms with Gasteiger partial charge in [0.25, 0.3) is 11.7 Å². The third-order valence-corrected chi connectivity index (χ3v) is 5.15. The summed E-state index contributed by atoms with van der Waals surface area (Å²) in [6, 6.07) is 11.7. The Bertz CT molecular complexity index is 952. The molecule has 0 spiro atoms. The van der Waals surface area contributed by atoms with E-state index in [1.807, 2.05) is 13.0 Å². The molecule has 1 aliphatic rings. The lowest BCUT2D eigenvalue weighted by atomic mass is 9.95. The lowest BCUT2D eigenvalue weighted by Gasteiger charge is -2.25. The summed E-state index contributed by atoms with van der Waals surface area (Å²) in [5, 5.41) is 10.9. The molecular weight excluding hydrogens is 385 g/mol. The Balaban J connectivity index is 2.11. The molecule has 3 rings (SSSR count). The summed E-state index contributed by atoms with van der Waals surface area (Å²) >= 11 is 0. The normalized spacial score (nSPS) is 18.1. The fourth-order valence-electron chi connectivity index (χ4n) is 3.69. The van der Waals surface area contributed by atoms with E-state index in [2.05, 4.69) is 6.92 Å². The highest BCUT2D eigenvalue weighted by Crippen LogP contribution is 2.40. The molecule has 1 amide bonds. The van der Waals surface area contributed by atoms with Crippen LogP contribution in [0, 0.1) is 5.82 Å². The maximum absolute atomic E-state index is 13.3. The molecule has 1 saturated heterocycles. The molecule has 30 heavy (non-hydrogen) atoms. The Kier molecular flexibility index (Phi) is 6.87. The number of unbranched alkanes of at least 4 members (excludes halogenated alkanes) is 2. The second-order valence-corrected chi connectivity index (χ2v) is 7.21. The summed E-state index contributed by atoms with van der Waals surface area (Å²) < 4.78 is 18.9. The zero-order chi connectivity index (χ0) is 21.7. The monoisotopic (exact) mass is 411 g/mol. The summed E-state index contributed by atoms with van der Waals surface area (Å²) in [6.45, 7) is 4.82. The van der Waals surface area contributed by atoms with Gasteiger partial charge in [-0.3, -0.25) is 9.59 Å². The van der Waals surface area contributed by atoms with E-state index in [0.29, 0.717) is 24.5 Å². The fraction of sp³-hybridized carbons (Fsp3) is 0.333. The van der Waals surface area contributed by atoms with Gasteiger partial charge in [-0.25, -0.2) is 4.39 Å². The highest BCUT2D eigenvalue weighted by molar-refractivity contribution is 6.46. The number of Topliss-reactive ketones (excluding diaryl/α,β-unsaturated/α-hetero) is 1. The molecule has 6 heteroatoms. The highest BCUT2D eigenvalue weighted by Gasteiger charge is 2.45. The minimum Gasteiger partial charge on any atom is -0.507 e. The van der Waals surface area contributed by atoms with E-state index in [4.69, 9.17) is 4.74 Å². The zero-order valence-corrected chi connectivity index (χ0v) is 17.2. The predicted octanol–water partition coefficient (Wildman–Crippen LogP) is 4.84. The van der Waals surface area contributed by atoms with Crippen molar-refractivity contribution >= 4 is 17.4 Å². The first-order valence-corrected chi connectivity index (χ1v) is 10.2. The van der Waals surface area contributed by atoms with Crippen LogP contribution in [0.4, 0.5) is 4.39 Å². The van der Waals surface area contributed by atoms with E-state index < -0.39 is 23.5 Å². The number of carbonyl (C=O) groups excluding carboxylic acids is 2. The zero-order valence-electron chi connectivity index (χ0n) is 17.2. The number of rotatable bonds is 8. The third kappa shape index (κ3) is 4.37. The Morgan fingerprint density at radius 1 is 1.10 bits per heavy atom. The van der Waals surface area contributed by atoms with Crippen molar-refractivity contribution in [2.24, 2.45) is 0 Å². The number of amides is 1. The molecule has 0 saturated carbocycles. The summed E-state index contributed by atoms with van der Waals surface area (Å²) in [7, 11) is 0. The van der Waals surface area contributed by atoms with Crippen LogP contribution in [0.2, 0.25) is 0 Å². The number of nitrogens with zero attached hydrogens (tertiary/aromatic N) is 1. The molecule has 158 valence electrons. The van der Waals surface area contributed by atoms with Gasteiger partial charge in [0.1, 0.15) is 17.3 Å². The van der Waals surface area contributed by atoms with Crippen molar-refractivity contribution in [1.82, 2.24) is 4.90 Å². The first kappa shape index (κ1) is 21.6. The van der Waals surface area contributed by atoms with Gasteiger partial charge in [-0.2, -0.15) is 0 Å². The van der Waals surface area contributed by atoms with E-state index >= 15 is 0 Å². The molecule has 1 atom stereocenters. The summed E-state index contributed by atoms with van der Waals surface area (Å²) in [5.74, 6) is -1.51. The lowest BCUT2D eigenvalue weighted by Crippen LogP contribution is -2.30. The average molecular weight is 411 g/mol. The van der Waals surface area contributed by atoms with Gasteiger partial charge < -0.3 is 14.7 Å². The first-order chi connectivity index (χ1) is 14.5. The van der Waals surface area contributed by atoms with E-state index in [1.54, 1.807) is 18.2 Å². The molecule has 0 aliphatic carbocycles. The molecule has 2 aromatic rings. The number of hydrogen-bond acceptors (Lipinski definition) is 4. The van der Waals surface area contributed by atoms with E-state index in [9.17, 15) is 19.1 Å². The fourth-order valence-corrected chi connectivity index (χ4v) is 3.69. The number of aliphatic hydroxyl groups is 1. The Labute approximate surface area is 175 Å². The van der Waals surface area contributed by atoms with Crippen LogP contribution >= 0.6 is 0 Å². The van der Waals surface area contributed by atoms with Gasteiger partial charge in [0.15, 0.2) is 0 Å². The summed E-state index contributed by atoms with van der Waals surface area (Å²) in [5.41, 5.74) is 0.978. The van der Waals surface area contributed by atoms with Gasteiger partial charge in [0, 0.05) is 12.1 Å². The van der Waals surface area contributed by atoms with Crippen molar-refractivity contribution in [3.8, 4) is 5.75 Å². The predicted molar refractivity (Wildman–Crippen MR) is 113 cm³/mol. The molecule has 5 nitrogen and oxygen atoms in total. The number of carbonyl (C=O) groups is 2. The first-order valence-electron chi connectivity index (χ1n) is 10.2. The van der Waals surface area contributed by atoms with Crippen molar-refractivity contribution in [2.75, 3.05) is 13.2 Å². The molecule has 1 aliphatic heterocycles. The number of aliphatic hydroxyl groups excluding tert-OH is 1. The van der Waals surface area contributed by atoms with Crippen LogP contribution in [0.1, 0.15) is 50.3 Å². The van der Waals surface area contributed by atoms with Crippen molar-refractivity contribution in [2.45, 2.75) is 39.2 Å². The van der Waals surface area contributed by atoms with Crippen LogP contribution in [0.5, 0.6) is 5.75 Å². The minimum atomic E-state index is -0.736. The highest BCUT2D eigenvalue weighted by atomic mass is 19.1. The number of hydrogen-bond donors (Lipinski definition) is 1. The van der Waals surface area contributed by atoms with Gasteiger partial charge >= 0.3 is 0 Å². The van der Waals surface area contributed by atoms with Crippen molar-refractivity contribution in [1.29, 1.82) is 0 Å². The van der Waals surface area contributed by atoms with Gasteiger partial charge in [0.2, 0.25) is 0 Å². The lowest BCUT2D eigenvalue weighted by molar-refractivity contribution is -0.139. The average Bonchev–Trinajstić information content (AvgIpc) is 2.99. The molecule has 0 bridgehead atoms. The number of benzene rings is 2. The van der Waals surface area contributed by atoms with Crippen molar-refractivity contribution in [3.05, 3.63) is 71.0 Å². The van der Waals surface area contributed by atoms with Crippen LogP contribution in [-0.2, 0) is 9.59 Å². The maximum Gasteiger partial charge on any atom is 0.295 e. The van der Waals surface area contributed by atoms with Crippen molar-refractivity contribution < 1.29 is 23.8 Å². The number of halogens is 1. The third-order valence-electron chi connectivity index (χ3n) is 5.15. The molecular formula is C24H26FNO4. The van der Waals surface area contributed by atoms with Crippen molar-refractivity contribution in [3.63, 3.8) is 0 Å². The Morgan fingerprint density at radius 3 is 2.50 bits per heavy atom. The Morgan fingerprint density at radius 2 is 1.83 bits per heavy atom. The Hall–Kier alpha value is -3.15. The van der Waals surface area contributed by atoms with Crippen LogP contribution in [0.3, 0.4) is 0 Å². The van der Waals surface area contributed by atoms with Gasteiger partial charge in [-0.05, 0) is 55.3 Å². The van der Waals surface area contributed by atoms with Gasteiger partial charge in [0.05, 0.1) is 18.2 Å². The molecule has 2 aromatic carbocycles. The summed E-state index contributed by atoms with van der Waals surface area (Å²) in [6.07, 6.45) is 2.65. The minimum absolute atomic E-state index is 0.0109. The van der Waals surface area contributed by atoms with Crippen LogP contribution < -0.4 is 4.74 Å². The smallest absolute Gasteiger partial charge is 0.295 e. The quantitative estimate of drug-likeness (QED) is 0.292. The van der Waals surface area contributed by atoms with Gasteiger partial charge in [-0.15, -0.1) is 0 Å². The number of ether oxygens (including phenoxy) is 1. The molecule has 1 N–H and O–H groups in total. The largest absolute Gasteiger partial charge is 0.507 e. The van der Waals surface area contributed by atoms with E-state index in [1.165, 1.54) is 29.2 Å². The second-order valence-electron chi connectivity index (χ2n) is 7.21. The van der Waals surface area contributed by atoms with Gasteiger partial charge in [-0.1, -0.05) is 31.9 Å². The molecule has 0 aromatic heterocycles. The maximum atomic E-state index is 13.3. The van der Waals surface area contributed by atoms with Crippen LogP contribution in [-0.4, -0.2) is 34.8 Å². The SMILES string of the molecule is CCCCCN1C(=O)C(=O)/C(=C(\O)c2ccc(F)cc2)C1c1cccc(OCC)c1. The molecule has 1 unspecified atom stereocenters. The second kappa shape index (κ2) is 9.57. The number of likely N-dealkylation sites (tertiary alicyclic amines) is 1. The standard InChI is InChI=1S/C24H26FNO4/c1-3-5-6-14-26-21(17-8-7-9-19(15-17)30-4-2)20(23(28)24(26)29)22(27)16-10-12-18(25)13-11-16/h7-13,15,21,27H,3-6,14H2,1-2H3/b22-20-. The van der Waals surface area contributed by atoms with E-state index in [0.717, 1.165) is 19.3 Å². The van der Waals surface area contributed by atoms with Crippen LogP contribution in [0.25, 0.3) is 5.76 Å². The summed E-state index contributed by atoms with van der Waals surface area (Å²) in [4.78, 5) is 27.3. The number of ketones is 1. The topological polar surface area (TPSA) is 66.8 Å². The van der Waals surface area contributed by atoms with Crippen LogP contribution in [0.15, 0.2) is 54.1 Å². The molecule has 1 heterocycles. The van der Waals surface area contributed by atoms with E-state index in [-0.39, 0.29) is 16.9 Å². The molecule has 1 fully saturated rings.